The van der Waals surface area contributed by atoms with Crippen LogP contribution in [0, 0.1) is 6.92 Å². The fourth-order valence-electron chi connectivity index (χ4n) is 3.71. The molecule has 0 atom stereocenters. The summed E-state index contributed by atoms with van der Waals surface area (Å²) in [5.74, 6) is 0.588. The van der Waals surface area contributed by atoms with Gasteiger partial charge in [0.25, 0.3) is 5.91 Å². The topological polar surface area (TPSA) is 51.2 Å². The van der Waals surface area contributed by atoms with Crippen molar-refractivity contribution in [2.24, 2.45) is 0 Å². The molecular formula is C26H23BrN2O2. The lowest BCUT2D eigenvalue weighted by molar-refractivity contribution is 0.102. The van der Waals surface area contributed by atoms with Crippen LogP contribution < -0.4 is 10.1 Å². The van der Waals surface area contributed by atoms with Crippen molar-refractivity contribution < 1.29 is 9.53 Å². The number of aryl methyl sites for hydroxylation is 2. The summed E-state index contributed by atoms with van der Waals surface area (Å²) in [5, 5.41) is 3.91. The normalized spacial score (nSPS) is 10.8. The first-order chi connectivity index (χ1) is 15.0. The number of pyridine rings is 1. The van der Waals surface area contributed by atoms with Crippen LogP contribution in [0.3, 0.4) is 0 Å². The number of methoxy groups -OCH3 is 1. The van der Waals surface area contributed by atoms with Gasteiger partial charge in [0.1, 0.15) is 5.75 Å². The molecule has 0 saturated carbocycles. The molecule has 0 aliphatic heterocycles. The third-order valence-corrected chi connectivity index (χ3v) is 5.78. The van der Waals surface area contributed by atoms with Crippen molar-refractivity contribution in [2.75, 3.05) is 12.4 Å². The first-order valence-electron chi connectivity index (χ1n) is 10.1. The van der Waals surface area contributed by atoms with Crippen molar-refractivity contribution in [3.63, 3.8) is 0 Å². The van der Waals surface area contributed by atoms with Crippen LogP contribution in [0.2, 0.25) is 0 Å². The molecule has 5 heteroatoms. The summed E-state index contributed by atoms with van der Waals surface area (Å²) in [7, 11) is 1.64. The summed E-state index contributed by atoms with van der Waals surface area (Å²) in [6, 6.07) is 21.4. The van der Waals surface area contributed by atoms with Gasteiger partial charge in [-0.15, -0.1) is 0 Å². The van der Waals surface area contributed by atoms with Crippen molar-refractivity contribution in [3.05, 3.63) is 87.9 Å². The van der Waals surface area contributed by atoms with E-state index in [1.54, 1.807) is 7.11 Å². The standard InChI is InChI=1S/C26H23BrN2O2/c1-4-17-8-5-6-11-23(17)29-26(30)22-15-24(18-9-7-10-20(13-18)31-3)28-25-16(2)12-19(27)14-21(22)25/h5-15H,4H2,1-3H3,(H,29,30). The quantitative estimate of drug-likeness (QED) is 0.346. The van der Waals surface area contributed by atoms with Gasteiger partial charge in [0.15, 0.2) is 0 Å². The number of hydrogen-bond acceptors (Lipinski definition) is 3. The van der Waals surface area contributed by atoms with E-state index >= 15 is 0 Å². The fraction of sp³-hybridized carbons (Fsp3) is 0.154. The van der Waals surface area contributed by atoms with E-state index in [0.29, 0.717) is 5.56 Å². The molecule has 0 radical (unpaired) electrons. The Balaban J connectivity index is 1.89. The number of nitrogens with one attached hydrogen (secondary N) is 1. The number of para-hydroxylation sites is 1. The average molecular weight is 475 g/mol. The largest absolute Gasteiger partial charge is 0.497 e. The second-order valence-corrected chi connectivity index (χ2v) is 8.29. The van der Waals surface area contributed by atoms with Crippen LogP contribution in [0.1, 0.15) is 28.4 Å². The molecule has 4 nitrogen and oxygen atoms in total. The van der Waals surface area contributed by atoms with Gasteiger partial charge >= 0.3 is 0 Å². The zero-order valence-electron chi connectivity index (χ0n) is 17.7. The number of rotatable bonds is 5. The minimum Gasteiger partial charge on any atom is -0.497 e. The van der Waals surface area contributed by atoms with Crippen molar-refractivity contribution in [2.45, 2.75) is 20.3 Å². The smallest absolute Gasteiger partial charge is 0.256 e. The molecule has 0 spiro atoms. The number of amides is 1. The highest BCUT2D eigenvalue weighted by Gasteiger charge is 2.17. The second-order valence-electron chi connectivity index (χ2n) is 7.37. The van der Waals surface area contributed by atoms with Crippen LogP contribution in [0.5, 0.6) is 5.75 Å². The van der Waals surface area contributed by atoms with Crippen LogP contribution >= 0.6 is 15.9 Å². The van der Waals surface area contributed by atoms with Gasteiger partial charge in [0, 0.05) is 21.1 Å². The van der Waals surface area contributed by atoms with Crippen LogP contribution in [0.4, 0.5) is 5.69 Å². The number of benzene rings is 3. The predicted octanol–water partition coefficient (Wildman–Crippen LogP) is 6.80. The summed E-state index contributed by atoms with van der Waals surface area (Å²) in [5.41, 5.74) is 5.93. The van der Waals surface area contributed by atoms with Crippen LogP contribution in [-0.4, -0.2) is 18.0 Å². The SMILES string of the molecule is CCc1ccccc1NC(=O)c1cc(-c2cccc(OC)c2)nc2c(C)cc(Br)cc12. The molecule has 156 valence electrons. The molecule has 0 saturated heterocycles. The van der Waals surface area contributed by atoms with E-state index in [-0.39, 0.29) is 5.91 Å². The monoisotopic (exact) mass is 474 g/mol. The predicted molar refractivity (Wildman–Crippen MR) is 130 cm³/mol. The first-order valence-corrected chi connectivity index (χ1v) is 10.9. The van der Waals surface area contributed by atoms with Gasteiger partial charge < -0.3 is 10.1 Å². The van der Waals surface area contributed by atoms with E-state index in [9.17, 15) is 4.79 Å². The highest BCUT2D eigenvalue weighted by atomic mass is 79.9. The lowest BCUT2D eigenvalue weighted by Crippen LogP contribution is -2.14. The molecular weight excluding hydrogens is 452 g/mol. The van der Waals surface area contributed by atoms with E-state index in [2.05, 4.69) is 28.2 Å². The number of fused-ring (bicyclic) bond motifs is 1. The molecule has 3 aromatic carbocycles. The Morgan fingerprint density at radius 1 is 1.06 bits per heavy atom. The molecule has 1 aromatic heterocycles. The van der Waals surface area contributed by atoms with Gasteiger partial charge in [-0.3, -0.25) is 4.79 Å². The van der Waals surface area contributed by atoms with Crippen LogP contribution in [-0.2, 0) is 6.42 Å². The number of anilines is 1. The van der Waals surface area contributed by atoms with Gasteiger partial charge in [-0.05, 0) is 60.9 Å². The zero-order chi connectivity index (χ0) is 22.0. The number of halogens is 1. The molecule has 0 aliphatic carbocycles. The Kier molecular flexibility index (Phi) is 6.05. The zero-order valence-corrected chi connectivity index (χ0v) is 19.3. The molecule has 1 heterocycles. The Hall–Kier alpha value is -3.18. The van der Waals surface area contributed by atoms with Crippen molar-refractivity contribution in [1.82, 2.24) is 4.98 Å². The molecule has 4 aromatic rings. The second kappa shape index (κ2) is 8.90. The van der Waals surface area contributed by atoms with E-state index < -0.39 is 0 Å². The average Bonchev–Trinajstić information content (AvgIpc) is 2.78. The maximum atomic E-state index is 13.4. The first kappa shape index (κ1) is 21.1. The highest BCUT2D eigenvalue weighted by molar-refractivity contribution is 9.10. The van der Waals surface area contributed by atoms with Crippen LogP contribution in [0.15, 0.2) is 71.2 Å². The number of carbonyl (C=O) groups is 1. The summed E-state index contributed by atoms with van der Waals surface area (Å²) >= 11 is 3.56. The van der Waals surface area contributed by atoms with Crippen molar-refractivity contribution in [3.8, 4) is 17.0 Å². The van der Waals surface area contributed by atoms with E-state index in [1.807, 2.05) is 73.7 Å². The van der Waals surface area contributed by atoms with Crippen molar-refractivity contribution in [1.29, 1.82) is 0 Å². The number of aromatic nitrogens is 1. The van der Waals surface area contributed by atoms with Crippen LogP contribution in [0.25, 0.3) is 22.2 Å². The van der Waals surface area contributed by atoms with E-state index in [0.717, 1.165) is 55.6 Å². The van der Waals surface area contributed by atoms with Gasteiger partial charge in [0.2, 0.25) is 0 Å². The minimum atomic E-state index is -0.157. The van der Waals surface area contributed by atoms with Gasteiger partial charge in [-0.25, -0.2) is 4.98 Å². The summed E-state index contributed by atoms with van der Waals surface area (Å²) in [4.78, 5) is 18.3. The Bertz CT molecular complexity index is 1280. The minimum absolute atomic E-state index is 0.157. The summed E-state index contributed by atoms with van der Waals surface area (Å²) in [6.45, 7) is 4.08. The lowest BCUT2D eigenvalue weighted by atomic mass is 10.0. The number of hydrogen-bond donors (Lipinski definition) is 1. The molecule has 31 heavy (non-hydrogen) atoms. The highest BCUT2D eigenvalue weighted by Crippen LogP contribution is 2.31. The number of carbonyl (C=O) groups excluding carboxylic acids is 1. The molecule has 0 aliphatic rings. The third kappa shape index (κ3) is 4.32. The molecule has 1 amide bonds. The Morgan fingerprint density at radius 3 is 2.65 bits per heavy atom. The molecule has 0 bridgehead atoms. The summed E-state index contributed by atoms with van der Waals surface area (Å²) < 4.78 is 6.29. The third-order valence-electron chi connectivity index (χ3n) is 5.33. The molecule has 4 rings (SSSR count). The van der Waals surface area contributed by atoms with Gasteiger partial charge in [0.05, 0.1) is 23.9 Å². The number of ether oxygens (including phenoxy) is 1. The molecule has 0 fully saturated rings. The molecule has 1 N–H and O–H groups in total. The van der Waals surface area contributed by atoms with Crippen molar-refractivity contribution >= 4 is 38.4 Å². The maximum absolute atomic E-state index is 13.4. The number of nitrogens with zero attached hydrogens (tertiary/aromatic N) is 1. The summed E-state index contributed by atoms with van der Waals surface area (Å²) in [6.07, 6.45) is 0.841. The lowest BCUT2D eigenvalue weighted by Gasteiger charge is -2.14. The van der Waals surface area contributed by atoms with Gasteiger partial charge in [-0.2, -0.15) is 0 Å². The van der Waals surface area contributed by atoms with E-state index in [4.69, 9.17) is 9.72 Å². The Morgan fingerprint density at radius 2 is 1.87 bits per heavy atom. The van der Waals surface area contributed by atoms with Gasteiger partial charge in [-0.1, -0.05) is 53.2 Å². The molecule has 0 unspecified atom stereocenters. The maximum Gasteiger partial charge on any atom is 0.256 e. The fourth-order valence-corrected chi connectivity index (χ4v) is 4.29. The van der Waals surface area contributed by atoms with E-state index in [1.165, 1.54) is 0 Å². The Labute approximate surface area is 190 Å².